The van der Waals surface area contributed by atoms with E-state index in [-0.39, 0.29) is 12.3 Å². The van der Waals surface area contributed by atoms with Crippen molar-refractivity contribution in [1.82, 2.24) is 10.6 Å². The third-order valence-electron chi connectivity index (χ3n) is 0.991. The molecule has 0 heterocycles. The summed E-state index contributed by atoms with van der Waals surface area (Å²) in [5.41, 5.74) is 0. The number of aliphatic hydroxyl groups is 1. The van der Waals surface area contributed by atoms with Gasteiger partial charge in [-0.3, -0.25) is 10.1 Å². The molecule has 0 aromatic rings. The third kappa shape index (κ3) is 3.93. The fraction of sp³-hybridized carbons (Fsp3) is 0.800. The van der Waals surface area contributed by atoms with Crippen molar-refractivity contribution in [1.29, 1.82) is 0 Å². The molecule has 0 aromatic carbocycles. The number of rotatable bonds is 3. The van der Waals surface area contributed by atoms with Crippen molar-refractivity contribution in [2.75, 3.05) is 14.1 Å². The number of amides is 1. The quantitative estimate of drug-likeness (QED) is 0.416. The van der Waals surface area contributed by atoms with E-state index < -0.39 is 6.23 Å². The van der Waals surface area contributed by atoms with Crippen LogP contribution in [0.25, 0.3) is 0 Å². The second-order valence-corrected chi connectivity index (χ2v) is 1.68. The molecule has 0 radical (unpaired) electrons. The minimum Gasteiger partial charge on any atom is -0.378 e. The van der Waals surface area contributed by atoms with Crippen LogP contribution in [0, 0.1) is 0 Å². The summed E-state index contributed by atoms with van der Waals surface area (Å²) in [7, 11) is 3.12. The molecule has 0 aromatic heterocycles. The van der Waals surface area contributed by atoms with Gasteiger partial charge < -0.3 is 10.4 Å². The maximum atomic E-state index is 10.5. The van der Waals surface area contributed by atoms with Crippen LogP contribution in [0.15, 0.2) is 0 Å². The monoisotopic (exact) mass is 132 g/mol. The van der Waals surface area contributed by atoms with Gasteiger partial charge in [0.1, 0.15) is 6.23 Å². The van der Waals surface area contributed by atoms with Crippen LogP contribution in [0.4, 0.5) is 0 Å². The average molecular weight is 132 g/mol. The molecule has 0 aliphatic heterocycles. The average Bonchev–Trinajstić information content (AvgIpc) is 1.87. The fourth-order valence-electron chi connectivity index (χ4n) is 0.380. The highest BCUT2D eigenvalue weighted by atomic mass is 16.3. The van der Waals surface area contributed by atoms with Crippen molar-refractivity contribution in [3.05, 3.63) is 0 Å². The Bertz CT molecular complexity index is 95.0. The summed E-state index contributed by atoms with van der Waals surface area (Å²) in [6.45, 7) is 0. The van der Waals surface area contributed by atoms with Crippen molar-refractivity contribution in [2.45, 2.75) is 12.6 Å². The van der Waals surface area contributed by atoms with Gasteiger partial charge in [0.15, 0.2) is 0 Å². The molecule has 1 atom stereocenters. The zero-order chi connectivity index (χ0) is 7.28. The lowest BCUT2D eigenvalue weighted by Crippen LogP contribution is -2.31. The van der Waals surface area contributed by atoms with Crippen molar-refractivity contribution in [2.24, 2.45) is 0 Å². The fourth-order valence-corrected chi connectivity index (χ4v) is 0.380. The first-order valence-electron chi connectivity index (χ1n) is 2.76. The summed E-state index contributed by atoms with van der Waals surface area (Å²) in [5, 5.41) is 13.7. The first kappa shape index (κ1) is 8.39. The van der Waals surface area contributed by atoms with Gasteiger partial charge in [-0.05, 0) is 7.05 Å². The molecule has 0 aliphatic rings. The van der Waals surface area contributed by atoms with Gasteiger partial charge in [0.05, 0.1) is 6.42 Å². The van der Waals surface area contributed by atoms with Crippen LogP contribution in [-0.2, 0) is 4.79 Å². The standard InChI is InChI=1S/C5H12N2O2/c1-6-4(8)3-5(9)7-2/h4,6,8H,3H2,1-2H3,(H,7,9). The van der Waals surface area contributed by atoms with Gasteiger partial charge in [0.25, 0.3) is 0 Å². The predicted octanol–water partition coefficient (Wildman–Crippen LogP) is -1.34. The molecule has 54 valence electrons. The minimum absolute atomic E-state index is 0.104. The maximum absolute atomic E-state index is 10.5. The van der Waals surface area contributed by atoms with Gasteiger partial charge in [-0.25, -0.2) is 0 Å². The molecular formula is C5H12N2O2. The summed E-state index contributed by atoms with van der Waals surface area (Å²) in [6, 6.07) is 0. The SMILES string of the molecule is CNC(=O)CC(O)NC. The third-order valence-corrected chi connectivity index (χ3v) is 0.991. The summed E-state index contributed by atoms with van der Waals surface area (Å²) >= 11 is 0. The smallest absolute Gasteiger partial charge is 0.223 e. The Morgan fingerprint density at radius 1 is 1.67 bits per heavy atom. The Kier molecular flexibility index (Phi) is 4.00. The number of hydrogen-bond donors (Lipinski definition) is 3. The van der Waals surface area contributed by atoms with E-state index in [1.165, 1.54) is 7.05 Å². The molecule has 0 saturated carbocycles. The summed E-state index contributed by atoms with van der Waals surface area (Å²) in [5.74, 6) is -0.170. The molecule has 0 saturated heterocycles. The Hall–Kier alpha value is -0.610. The molecule has 9 heavy (non-hydrogen) atoms. The molecule has 0 fully saturated rings. The van der Waals surface area contributed by atoms with E-state index in [9.17, 15) is 4.79 Å². The Morgan fingerprint density at radius 2 is 2.22 bits per heavy atom. The van der Waals surface area contributed by atoms with Gasteiger partial charge >= 0.3 is 0 Å². The van der Waals surface area contributed by atoms with E-state index in [1.807, 2.05) is 0 Å². The van der Waals surface area contributed by atoms with Gasteiger partial charge in [0, 0.05) is 7.05 Å². The Labute approximate surface area is 54.3 Å². The molecule has 3 N–H and O–H groups in total. The summed E-state index contributed by atoms with van der Waals surface area (Å²) < 4.78 is 0. The lowest BCUT2D eigenvalue weighted by molar-refractivity contribution is -0.122. The highest BCUT2D eigenvalue weighted by Crippen LogP contribution is 1.83. The number of nitrogens with one attached hydrogen (secondary N) is 2. The van der Waals surface area contributed by atoms with E-state index in [0.29, 0.717) is 0 Å². The Morgan fingerprint density at radius 3 is 2.56 bits per heavy atom. The van der Waals surface area contributed by atoms with Crippen molar-refractivity contribution in [3.8, 4) is 0 Å². The maximum Gasteiger partial charge on any atom is 0.223 e. The molecular weight excluding hydrogens is 120 g/mol. The van der Waals surface area contributed by atoms with Crippen LogP contribution in [0.3, 0.4) is 0 Å². The largest absolute Gasteiger partial charge is 0.378 e. The van der Waals surface area contributed by atoms with E-state index in [0.717, 1.165) is 0 Å². The van der Waals surface area contributed by atoms with E-state index in [1.54, 1.807) is 7.05 Å². The van der Waals surface area contributed by atoms with Crippen LogP contribution in [0.1, 0.15) is 6.42 Å². The number of carbonyl (C=O) groups is 1. The molecule has 0 bridgehead atoms. The molecule has 4 nitrogen and oxygen atoms in total. The van der Waals surface area contributed by atoms with Crippen LogP contribution in [0.5, 0.6) is 0 Å². The molecule has 0 aliphatic carbocycles. The first-order valence-corrected chi connectivity index (χ1v) is 2.76. The van der Waals surface area contributed by atoms with E-state index >= 15 is 0 Å². The minimum atomic E-state index is -0.732. The topological polar surface area (TPSA) is 61.4 Å². The van der Waals surface area contributed by atoms with E-state index in [2.05, 4.69) is 10.6 Å². The summed E-state index contributed by atoms with van der Waals surface area (Å²) in [6.07, 6.45) is -0.627. The highest BCUT2D eigenvalue weighted by molar-refractivity contribution is 5.75. The van der Waals surface area contributed by atoms with Crippen LogP contribution in [-0.4, -0.2) is 31.3 Å². The lowest BCUT2D eigenvalue weighted by atomic mass is 10.3. The van der Waals surface area contributed by atoms with Crippen molar-refractivity contribution >= 4 is 5.91 Å². The van der Waals surface area contributed by atoms with Crippen LogP contribution >= 0.6 is 0 Å². The molecule has 1 amide bonds. The molecule has 0 spiro atoms. The second kappa shape index (κ2) is 4.29. The van der Waals surface area contributed by atoms with Gasteiger partial charge in [-0.2, -0.15) is 0 Å². The predicted molar refractivity (Wildman–Crippen MR) is 33.8 cm³/mol. The molecule has 4 heteroatoms. The van der Waals surface area contributed by atoms with Gasteiger partial charge in [-0.1, -0.05) is 0 Å². The summed E-state index contributed by atoms with van der Waals surface area (Å²) in [4.78, 5) is 10.5. The normalized spacial score (nSPS) is 12.8. The number of carbonyl (C=O) groups excluding carboxylic acids is 1. The number of aliphatic hydroxyl groups excluding tert-OH is 1. The number of hydrogen-bond acceptors (Lipinski definition) is 3. The highest BCUT2D eigenvalue weighted by Gasteiger charge is 2.04. The zero-order valence-electron chi connectivity index (χ0n) is 5.64. The van der Waals surface area contributed by atoms with Crippen LogP contribution in [0.2, 0.25) is 0 Å². The second-order valence-electron chi connectivity index (χ2n) is 1.68. The van der Waals surface area contributed by atoms with Crippen LogP contribution < -0.4 is 10.6 Å². The lowest BCUT2D eigenvalue weighted by Gasteiger charge is -2.06. The van der Waals surface area contributed by atoms with Crippen molar-refractivity contribution < 1.29 is 9.90 Å². The molecule has 1 unspecified atom stereocenters. The van der Waals surface area contributed by atoms with Gasteiger partial charge in [0.2, 0.25) is 5.91 Å². The molecule has 0 rings (SSSR count). The van der Waals surface area contributed by atoms with Gasteiger partial charge in [-0.15, -0.1) is 0 Å². The Balaban J connectivity index is 3.34. The van der Waals surface area contributed by atoms with Crippen molar-refractivity contribution in [3.63, 3.8) is 0 Å². The zero-order valence-corrected chi connectivity index (χ0v) is 5.64. The van der Waals surface area contributed by atoms with E-state index in [4.69, 9.17) is 5.11 Å². The first-order chi connectivity index (χ1) is 4.20.